The van der Waals surface area contributed by atoms with Crippen LogP contribution in [0.3, 0.4) is 0 Å². The zero-order valence-corrected chi connectivity index (χ0v) is 10.9. The van der Waals surface area contributed by atoms with Crippen LogP contribution in [0.5, 0.6) is 0 Å². The van der Waals surface area contributed by atoms with Crippen molar-refractivity contribution in [2.45, 2.75) is 32.3 Å². The highest BCUT2D eigenvalue weighted by Crippen LogP contribution is 2.26. The van der Waals surface area contributed by atoms with E-state index in [0.717, 1.165) is 19.1 Å². The van der Waals surface area contributed by atoms with Gasteiger partial charge in [-0.05, 0) is 38.3 Å². The molecular formula is C15H23NO. The third kappa shape index (κ3) is 3.83. The van der Waals surface area contributed by atoms with Crippen molar-refractivity contribution in [1.29, 1.82) is 0 Å². The minimum atomic E-state index is 0.350. The summed E-state index contributed by atoms with van der Waals surface area (Å²) in [6.45, 7) is 8.51. The average molecular weight is 233 g/mol. The first-order valence-corrected chi connectivity index (χ1v) is 6.64. The van der Waals surface area contributed by atoms with Gasteiger partial charge in [-0.25, -0.2) is 0 Å². The smallest absolute Gasteiger partial charge is 0.0596 e. The molecule has 0 aromatic heterocycles. The summed E-state index contributed by atoms with van der Waals surface area (Å²) in [6.07, 6.45) is 1.63. The Bertz CT molecular complexity index is 323. The van der Waals surface area contributed by atoms with Gasteiger partial charge in [0.1, 0.15) is 0 Å². The van der Waals surface area contributed by atoms with Crippen LogP contribution in [0, 0.1) is 0 Å². The van der Waals surface area contributed by atoms with Gasteiger partial charge in [0.05, 0.1) is 12.7 Å². The van der Waals surface area contributed by atoms with Gasteiger partial charge in [-0.3, -0.25) is 0 Å². The molecule has 1 unspecified atom stereocenters. The van der Waals surface area contributed by atoms with Gasteiger partial charge in [-0.1, -0.05) is 30.3 Å². The van der Waals surface area contributed by atoms with Crippen LogP contribution in [0.1, 0.15) is 31.7 Å². The van der Waals surface area contributed by atoms with Gasteiger partial charge >= 0.3 is 0 Å². The van der Waals surface area contributed by atoms with E-state index in [9.17, 15) is 0 Å². The van der Waals surface area contributed by atoms with E-state index in [0.29, 0.717) is 6.10 Å². The Hall–Kier alpha value is -0.860. The summed E-state index contributed by atoms with van der Waals surface area (Å²) < 4.78 is 5.60. The van der Waals surface area contributed by atoms with Crippen LogP contribution in [-0.2, 0) is 4.74 Å². The van der Waals surface area contributed by atoms with Crippen LogP contribution >= 0.6 is 0 Å². The first-order chi connectivity index (χ1) is 8.25. The van der Waals surface area contributed by atoms with Gasteiger partial charge in [-0.15, -0.1) is 0 Å². The first kappa shape index (κ1) is 12.6. The van der Waals surface area contributed by atoms with Gasteiger partial charge in [0.2, 0.25) is 0 Å². The molecule has 2 rings (SSSR count). The highest BCUT2D eigenvalue weighted by molar-refractivity contribution is 5.20. The van der Waals surface area contributed by atoms with Gasteiger partial charge in [-0.2, -0.15) is 0 Å². The maximum atomic E-state index is 5.60. The topological polar surface area (TPSA) is 12.5 Å². The molecule has 0 N–H and O–H groups in total. The number of benzene rings is 1. The van der Waals surface area contributed by atoms with Gasteiger partial charge < -0.3 is 9.64 Å². The minimum Gasteiger partial charge on any atom is -0.377 e. The lowest BCUT2D eigenvalue weighted by molar-refractivity contribution is 0.0633. The molecule has 1 aliphatic heterocycles. The summed E-state index contributed by atoms with van der Waals surface area (Å²) in [7, 11) is 0. The predicted molar refractivity (Wildman–Crippen MR) is 71.3 cm³/mol. The fraction of sp³-hybridized carbons (Fsp3) is 0.600. The first-order valence-electron chi connectivity index (χ1n) is 6.64. The summed E-state index contributed by atoms with van der Waals surface area (Å²) in [5, 5.41) is 0. The van der Waals surface area contributed by atoms with Crippen molar-refractivity contribution in [2.75, 3.05) is 26.2 Å². The van der Waals surface area contributed by atoms with Crippen LogP contribution in [0.25, 0.3) is 0 Å². The van der Waals surface area contributed by atoms with Crippen LogP contribution in [-0.4, -0.2) is 37.2 Å². The second-order valence-corrected chi connectivity index (χ2v) is 5.12. The lowest BCUT2D eigenvalue weighted by Gasteiger charge is -2.17. The molecule has 2 nitrogen and oxygen atoms in total. The molecule has 2 heteroatoms. The molecule has 0 saturated carbocycles. The molecule has 0 spiro atoms. The van der Waals surface area contributed by atoms with Gasteiger partial charge in [0, 0.05) is 13.1 Å². The fourth-order valence-electron chi connectivity index (χ4n) is 2.45. The van der Waals surface area contributed by atoms with Crippen LogP contribution in [0.2, 0.25) is 0 Å². The Morgan fingerprint density at radius 2 is 2.06 bits per heavy atom. The summed E-state index contributed by atoms with van der Waals surface area (Å²) >= 11 is 0. The Morgan fingerprint density at radius 1 is 1.29 bits per heavy atom. The monoisotopic (exact) mass is 233 g/mol. The Balaban J connectivity index is 1.76. The summed E-state index contributed by atoms with van der Waals surface area (Å²) in [5.41, 5.74) is 1.49. The van der Waals surface area contributed by atoms with Crippen LogP contribution in [0.15, 0.2) is 30.3 Å². The van der Waals surface area contributed by atoms with Crippen molar-refractivity contribution in [2.24, 2.45) is 0 Å². The SMILES string of the molecule is CC(C)OCCN1CCC(c2ccccc2)C1. The van der Waals surface area contributed by atoms with Crippen molar-refractivity contribution in [1.82, 2.24) is 4.90 Å². The van der Waals surface area contributed by atoms with Crippen molar-refractivity contribution in [3.63, 3.8) is 0 Å². The number of ether oxygens (including phenoxy) is 1. The fourth-order valence-corrected chi connectivity index (χ4v) is 2.45. The van der Waals surface area contributed by atoms with E-state index in [2.05, 4.69) is 49.1 Å². The average Bonchev–Trinajstić information content (AvgIpc) is 2.78. The number of rotatable bonds is 5. The van der Waals surface area contributed by atoms with Gasteiger partial charge in [0.25, 0.3) is 0 Å². The zero-order valence-electron chi connectivity index (χ0n) is 10.9. The van der Waals surface area contributed by atoms with E-state index in [1.807, 2.05) is 0 Å². The van der Waals surface area contributed by atoms with E-state index >= 15 is 0 Å². The number of likely N-dealkylation sites (tertiary alicyclic amines) is 1. The molecule has 1 aromatic rings. The van der Waals surface area contributed by atoms with Crippen LogP contribution in [0.4, 0.5) is 0 Å². The summed E-state index contributed by atoms with van der Waals surface area (Å²) in [6, 6.07) is 10.9. The van der Waals surface area contributed by atoms with Crippen LogP contribution < -0.4 is 0 Å². The van der Waals surface area contributed by atoms with Crippen molar-refractivity contribution < 1.29 is 4.74 Å². The normalized spacial score (nSPS) is 21.2. The van der Waals surface area contributed by atoms with Crippen molar-refractivity contribution in [3.05, 3.63) is 35.9 Å². The molecule has 17 heavy (non-hydrogen) atoms. The van der Waals surface area contributed by atoms with E-state index < -0.39 is 0 Å². The number of hydrogen-bond donors (Lipinski definition) is 0. The Kier molecular flexibility index (Phi) is 4.57. The highest BCUT2D eigenvalue weighted by Gasteiger charge is 2.23. The molecule has 1 aromatic carbocycles. The lowest BCUT2D eigenvalue weighted by atomic mass is 9.99. The maximum Gasteiger partial charge on any atom is 0.0596 e. The van der Waals surface area contributed by atoms with Crippen molar-refractivity contribution in [3.8, 4) is 0 Å². The maximum absolute atomic E-state index is 5.60. The molecule has 1 heterocycles. The molecule has 0 amide bonds. The third-order valence-corrected chi connectivity index (χ3v) is 3.40. The molecule has 0 aliphatic carbocycles. The highest BCUT2D eigenvalue weighted by atomic mass is 16.5. The molecule has 1 aliphatic rings. The third-order valence-electron chi connectivity index (χ3n) is 3.40. The molecule has 0 bridgehead atoms. The van der Waals surface area contributed by atoms with Gasteiger partial charge in [0.15, 0.2) is 0 Å². The van der Waals surface area contributed by atoms with Crippen molar-refractivity contribution >= 4 is 0 Å². The summed E-state index contributed by atoms with van der Waals surface area (Å²) in [5.74, 6) is 0.718. The number of hydrogen-bond acceptors (Lipinski definition) is 2. The van der Waals surface area contributed by atoms with E-state index in [4.69, 9.17) is 4.74 Å². The Morgan fingerprint density at radius 3 is 2.76 bits per heavy atom. The molecule has 1 fully saturated rings. The lowest BCUT2D eigenvalue weighted by Crippen LogP contribution is -2.26. The second-order valence-electron chi connectivity index (χ2n) is 5.12. The standard InChI is InChI=1S/C15H23NO/c1-13(2)17-11-10-16-9-8-15(12-16)14-6-4-3-5-7-14/h3-7,13,15H,8-12H2,1-2H3. The van der Waals surface area contributed by atoms with E-state index in [-0.39, 0.29) is 0 Å². The predicted octanol–water partition coefficient (Wildman–Crippen LogP) is 2.90. The molecule has 1 saturated heterocycles. The molecule has 1 atom stereocenters. The largest absolute Gasteiger partial charge is 0.377 e. The second kappa shape index (κ2) is 6.18. The van der Waals surface area contributed by atoms with E-state index in [1.165, 1.54) is 25.1 Å². The number of nitrogens with zero attached hydrogens (tertiary/aromatic N) is 1. The zero-order chi connectivity index (χ0) is 12.1. The quantitative estimate of drug-likeness (QED) is 0.775. The Labute approximate surface area is 105 Å². The minimum absolute atomic E-state index is 0.350. The van der Waals surface area contributed by atoms with E-state index in [1.54, 1.807) is 0 Å². The molecule has 0 radical (unpaired) electrons. The summed E-state index contributed by atoms with van der Waals surface area (Å²) in [4.78, 5) is 2.51. The molecular weight excluding hydrogens is 210 g/mol. The molecule has 94 valence electrons.